The summed E-state index contributed by atoms with van der Waals surface area (Å²) in [5.41, 5.74) is 6.35. The summed E-state index contributed by atoms with van der Waals surface area (Å²) < 4.78 is 1.16. The van der Waals surface area contributed by atoms with Gasteiger partial charge in [0, 0.05) is 24.5 Å². The highest BCUT2D eigenvalue weighted by Crippen LogP contribution is 2.37. The highest BCUT2D eigenvalue weighted by molar-refractivity contribution is 7.21. The van der Waals surface area contributed by atoms with E-state index in [1.165, 1.54) is 16.0 Å². The van der Waals surface area contributed by atoms with Crippen molar-refractivity contribution in [1.82, 2.24) is 20.3 Å². The van der Waals surface area contributed by atoms with E-state index < -0.39 is 0 Å². The lowest BCUT2D eigenvalue weighted by molar-refractivity contribution is -0.125. The third kappa shape index (κ3) is 4.51. The van der Waals surface area contributed by atoms with Crippen molar-refractivity contribution >= 4 is 54.8 Å². The van der Waals surface area contributed by atoms with Gasteiger partial charge in [-0.25, -0.2) is 15.0 Å². The summed E-state index contributed by atoms with van der Waals surface area (Å²) in [7, 11) is 0. The van der Waals surface area contributed by atoms with E-state index in [0.29, 0.717) is 13.1 Å². The molecule has 4 heterocycles. The van der Waals surface area contributed by atoms with Crippen LogP contribution in [0.2, 0.25) is 0 Å². The fourth-order valence-corrected chi connectivity index (χ4v) is 6.34. The van der Waals surface area contributed by atoms with E-state index in [1.807, 2.05) is 5.51 Å². The van der Waals surface area contributed by atoms with Crippen LogP contribution in [0.5, 0.6) is 0 Å². The van der Waals surface area contributed by atoms with Gasteiger partial charge >= 0.3 is 0 Å². The number of nitrogens with zero attached hydrogens (tertiary/aromatic N) is 4. The van der Waals surface area contributed by atoms with Gasteiger partial charge in [0.2, 0.25) is 5.91 Å². The predicted molar refractivity (Wildman–Crippen MR) is 144 cm³/mol. The Kier molecular flexibility index (Phi) is 5.91. The quantitative estimate of drug-likeness (QED) is 0.330. The Morgan fingerprint density at radius 3 is 2.89 bits per heavy atom. The molecule has 6 rings (SSSR count). The molecule has 2 aromatic carbocycles. The Bertz CT molecular complexity index is 1510. The van der Waals surface area contributed by atoms with E-state index in [4.69, 9.17) is 0 Å². The second-order valence-corrected chi connectivity index (χ2v) is 11.0. The number of fused-ring (bicyclic) bond motifs is 2. The molecule has 0 unspecified atom stereocenters. The van der Waals surface area contributed by atoms with Crippen molar-refractivity contribution in [3.8, 4) is 10.4 Å². The first-order valence-corrected chi connectivity index (χ1v) is 13.5. The number of thiazole rings is 1. The van der Waals surface area contributed by atoms with Crippen LogP contribution in [-0.2, 0) is 11.3 Å². The third-order valence-electron chi connectivity index (χ3n) is 6.60. The maximum atomic E-state index is 13.1. The van der Waals surface area contributed by atoms with Crippen molar-refractivity contribution in [3.05, 3.63) is 71.5 Å². The summed E-state index contributed by atoms with van der Waals surface area (Å²) in [6.07, 6.45) is 3.49. The van der Waals surface area contributed by atoms with Crippen molar-refractivity contribution < 1.29 is 4.79 Å². The van der Waals surface area contributed by atoms with Crippen molar-refractivity contribution in [2.24, 2.45) is 5.92 Å². The zero-order chi connectivity index (χ0) is 23.8. The van der Waals surface area contributed by atoms with E-state index in [-0.39, 0.29) is 11.8 Å². The van der Waals surface area contributed by atoms with Crippen LogP contribution < -0.4 is 10.2 Å². The van der Waals surface area contributed by atoms with E-state index in [1.54, 1.807) is 29.0 Å². The number of piperidine rings is 1. The SMILES string of the molecule is Cc1ccc(-c2cc3c(N4CCC[C@H](C(=O)NCc5ccc6scnc6c5)C4)ncnc3s2)cc1. The largest absolute Gasteiger partial charge is 0.355 e. The maximum Gasteiger partial charge on any atom is 0.225 e. The highest BCUT2D eigenvalue weighted by Gasteiger charge is 2.28. The zero-order valence-corrected chi connectivity index (χ0v) is 21.0. The number of amides is 1. The molecule has 1 fully saturated rings. The average molecular weight is 500 g/mol. The number of hydrogen-bond donors (Lipinski definition) is 1. The van der Waals surface area contributed by atoms with Gasteiger partial charge in [-0.15, -0.1) is 22.7 Å². The molecular formula is C27H25N5OS2. The Morgan fingerprint density at radius 1 is 1.11 bits per heavy atom. The number of rotatable bonds is 5. The van der Waals surface area contributed by atoms with Crippen LogP contribution in [0.1, 0.15) is 24.0 Å². The number of nitrogens with one attached hydrogen (secondary N) is 1. The molecule has 1 amide bonds. The Hall–Kier alpha value is -3.36. The van der Waals surface area contributed by atoms with Crippen molar-refractivity contribution in [1.29, 1.82) is 0 Å². The zero-order valence-electron chi connectivity index (χ0n) is 19.4. The van der Waals surface area contributed by atoms with Crippen molar-refractivity contribution in [2.75, 3.05) is 18.0 Å². The predicted octanol–water partition coefficient (Wildman–Crippen LogP) is 5.81. The Labute approximate surface area is 211 Å². The lowest BCUT2D eigenvalue weighted by atomic mass is 9.96. The number of carbonyl (C=O) groups excluding carboxylic acids is 1. The summed E-state index contributed by atoms with van der Waals surface area (Å²) in [6, 6.07) is 17.0. The van der Waals surface area contributed by atoms with Crippen LogP contribution in [0.4, 0.5) is 5.82 Å². The molecule has 1 aliphatic rings. The van der Waals surface area contributed by atoms with Crippen LogP contribution in [0, 0.1) is 12.8 Å². The third-order valence-corrected chi connectivity index (χ3v) is 8.50. The van der Waals surface area contributed by atoms with Gasteiger partial charge in [-0.2, -0.15) is 0 Å². The first kappa shape index (κ1) is 22.1. The van der Waals surface area contributed by atoms with Gasteiger partial charge in [0.05, 0.1) is 27.0 Å². The molecule has 1 N–H and O–H groups in total. The fraction of sp³-hybridized carbons (Fsp3) is 0.259. The van der Waals surface area contributed by atoms with Crippen LogP contribution in [0.3, 0.4) is 0 Å². The standard InChI is InChI=1S/C27H25N5OS2/c1-17-4-7-19(8-5-17)24-12-21-25(29-15-30-27(21)35-24)32-10-2-3-20(14-32)26(33)28-13-18-6-9-23-22(11-18)31-16-34-23/h4-9,11-12,15-16,20H,2-3,10,13-14H2,1H3,(H,28,33)/t20-/m0/s1. The summed E-state index contributed by atoms with van der Waals surface area (Å²) in [6.45, 7) is 4.18. The van der Waals surface area contributed by atoms with E-state index in [9.17, 15) is 4.79 Å². The van der Waals surface area contributed by atoms with Crippen molar-refractivity contribution in [3.63, 3.8) is 0 Å². The lowest BCUT2D eigenvalue weighted by Crippen LogP contribution is -2.43. The van der Waals surface area contributed by atoms with Gasteiger partial charge < -0.3 is 10.2 Å². The number of thiophene rings is 1. The first-order chi connectivity index (χ1) is 17.1. The second kappa shape index (κ2) is 9.36. The Morgan fingerprint density at radius 2 is 2.00 bits per heavy atom. The molecule has 35 heavy (non-hydrogen) atoms. The number of hydrogen-bond acceptors (Lipinski definition) is 7. The fourth-order valence-electron chi connectivity index (χ4n) is 4.69. The average Bonchev–Trinajstić information content (AvgIpc) is 3.54. The number of anilines is 1. The molecule has 1 atom stereocenters. The number of benzene rings is 2. The van der Waals surface area contributed by atoms with Crippen LogP contribution in [0.25, 0.3) is 30.9 Å². The van der Waals surface area contributed by atoms with E-state index >= 15 is 0 Å². The summed E-state index contributed by atoms with van der Waals surface area (Å²) >= 11 is 3.32. The second-order valence-electron chi connectivity index (χ2n) is 9.05. The van der Waals surface area contributed by atoms with Gasteiger partial charge in [0.1, 0.15) is 17.0 Å². The molecular weight excluding hydrogens is 474 g/mol. The summed E-state index contributed by atoms with van der Waals surface area (Å²) in [5, 5.41) is 4.21. The van der Waals surface area contributed by atoms with Crippen LogP contribution in [-0.4, -0.2) is 33.9 Å². The van der Waals surface area contributed by atoms with Gasteiger partial charge in [-0.05, 0) is 49.1 Å². The number of aromatic nitrogens is 3. The Balaban J connectivity index is 1.18. The summed E-state index contributed by atoms with van der Waals surface area (Å²) in [4.78, 5) is 31.0. The van der Waals surface area contributed by atoms with E-state index in [0.717, 1.165) is 51.2 Å². The van der Waals surface area contributed by atoms with Gasteiger partial charge in [0.25, 0.3) is 0 Å². The molecule has 0 saturated carbocycles. The number of carbonyl (C=O) groups is 1. The molecule has 5 aromatic rings. The molecule has 176 valence electrons. The first-order valence-electron chi connectivity index (χ1n) is 11.8. The topological polar surface area (TPSA) is 71.0 Å². The molecule has 1 saturated heterocycles. The normalized spacial score (nSPS) is 16.1. The molecule has 0 radical (unpaired) electrons. The highest BCUT2D eigenvalue weighted by atomic mass is 32.1. The van der Waals surface area contributed by atoms with Gasteiger partial charge in [-0.1, -0.05) is 35.9 Å². The molecule has 0 aliphatic carbocycles. The molecule has 8 heteroatoms. The molecule has 1 aliphatic heterocycles. The van der Waals surface area contributed by atoms with Gasteiger partial charge in [-0.3, -0.25) is 4.79 Å². The minimum atomic E-state index is -0.0630. The maximum absolute atomic E-state index is 13.1. The van der Waals surface area contributed by atoms with E-state index in [2.05, 4.69) is 80.6 Å². The monoisotopic (exact) mass is 499 g/mol. The van der Waals surface area contributed by atoms with Crippen molar-refractivity contribution in [2.45, 2.75) is 26.3 Å². The molecule has 3 aromatic heterocycles. The smallest absolute Gasteiger partial charge is 0.225 e. The van der Waals surface area contributed by atoms with Crippen LogP contribution >= 0.6 is 22.7 Å². The molecule has 0 spiro atoms. The minimum absolute atomic E-state index is 0.0630. The van der Waals surface area contributed by atoms with Gasteiger partial charge in [0.15, 0.2) is 0 Å². The lowest BCUT2D eigenvalue weighted by Gasteiger charge is -2.33. The summed E-state index contributed by atoms with van der Waals surface area (Å²) in [5.74, 6) is 0.965. The number of aryl methyl sites for hydroxylation is 1. The molecule has 6 nitrogen and oxygen atoms in total. The van der Waals surface area contributed by atoms with Crippen LogP contribution in [0.15, 0.2) is 60.4 Å². The molecule has 0 bridgehead atoms. The minimum Gasteiger partial charge on any atom is -0.355 e.